The summed E-state index contributed by atoms with van der Waals surface area (Å²) in [6.07, 6.45) is -0.784. The Bertz CT molecular complexity index is 801. The van der Waals surface area contributed by atoms with E-state index in [0.717, 1.165) is 4.90 Å². The van der Waals surface area contributed by atoms with Crippen molar-refractivity contribution in [2.75, 3.05) is 13.1 Å². The molecule has 0 saturated carbocycles. The Morgan fingerprint density at radius 2 is 1.70 bits per heavy atom. The van der Waals surface area contributed by atoms with Crippen LogP contribution in [0.25, 0.3) is 0 Å². The topological polar surface area (TPSA) is 132 Å². The number of nitriles is 1. The Kier molecular flexibility index (Phi) is 8.22. The highest BCUT2D eigenvalue weighted by molar-refractivity contribution is 5.90. The van der Waals surface area contributed by atoms with Gasteiger partial charge in [0.2, 0.25) is 11.8 Å². The summed E-state index contributed by atoms with van der Waals surface area (Å²) >= 11 is 0. The van der Waals surface area contributed by atoms with E-state index < -0.39 is 41.6 Å². The molecule has 0 heterocycles. The first-order valence-electron chi connectivity index (χ1n) is 9.48. The largest absolute Gasteiger partial charge is 0.508 e. The van der Waals surface area contributed by atoms with E-state index >= 15 is 0 Å². The molecule has 0 aromatic heterocycles. The average Bonchev–Trinajstić information content (AvgIpc) is 2.57. The second kappa shape index (κ2) is 9.96. The predicted molar refractivity (Wildman–Crippen MR) is 110 cm³/mol. The number of phenolic OH excluding ortho intramolecular Hbond substituents is 1. The quantitative estimate of drug-likeness (QED) is 0.607. The highest BCUT2D eigenvalue weighted by Gasteiger charge is 2.33. The zero-order chi connectivity index (χ0) is 23.1. The van der Waals surface area contributed by atoms with Crippen molar-refractivity contribution in [2.45, 2.75) is 58.7 Å². The SMILES string of the molecule is CC(C)(C)NC(=O)C(c1ccc(O)cc1)N(CC#N)C(=O)CNC(=O)OC(C)(C)C. The van der Waals surface area contributed by atoms with Crippen molar-refractivity contribution in [3.63, 3.8) is 0 Å². The van der Waals surface area contributed by atoms with Crippen molar-refractivity contribution in [1.29, 1.82) is 5.26 Å². The third kappa shape index (κ3) is 8.39. The lowest BCUT2D eigenvalue weighted by Crippen LogP contribution is -2.51. The number of alkyl carbamates (subject to hydrolysis) is 1. The molecule has 0 aliphatic heterocycles. The van der Waals surface area contributed by atoms with Gasteiger partial charge in [-0.1, -0.05) is 12.1 Å². The van der Waals surface area contributed by atoms with Crippen molar-refractivity contribution >= 4 is 17.9 Å². The molecule has 9 heteroatoms. The maximum atomic E-state index is 13.0. The van der Waals surface area contributed by atoms with Gasteiger partial charge in [-0.05, 0) is 59.2 Å². The number of phenols is 1. The van der Waals surface area contributed by atoms with Crippen molar-refractivity contribution in [3.05, 3.63) is 29.8 Å². The summed E-state index contributed by atoms with van der Waals surface area (Å²) in [6, 6.07) is 6.54. The van der Waals surface area contributed by atoms with E-state index in [0.29, 0.717) is 5.56 Å². The van der Waals surface area contributed by atoms with Crippen molar-refractivity contribution in [1.82, 2.24) is 15.5 Å². The minimum absolute atomic E-state index is 0.00141. The standard InChI is InChI=1S/C21H30N4O5/c1-20(2,3)24-18(28)17(14-7-9-15(26)10-8-14)25(12-11-22)16(27)13-23-19(29)30-21(4,5)6/h7-10,17,26H,12-13H2,1-6H3,(H,23,29)(H,24,28). The van der Waals surface area contributed by atoms with Gasteiger partial charge in [-0.25, -0.2) is 4.79 Å². The number of nitrogens with one attached hydrogen (secondary N) is 2. The van der Waals surface area contributed by atoms with Gasteiger partial charge in [0, 0.05) is 5.54 Å². The molecule has 3 N–H and O–H groups in total. The fraction of sp³-hybridized carbons (Fsp3) is 0.524. The van der Waals surface area contributed by atoms with Gasteiger partial charge in [0.1, 0.15) is 30.5 Å². The van der Waals surface area contributed by atoms with Crippen LogP contribution < -0.4 is 10.6 Å². The maximum absolute atomic E-state index is 13.0. The summed E-state index contributed by atoms with van der Waals surface area (Å²) in [5.74, 6) is -1.13. The molecule has 0 aliphatic rings. The van der Waals surface area contributed by atoms with Crippen LogP contribution in [0.1, 0.15) is 53.1 Å². The molecule has 0 aliphatic carbocycles. The zero-order valence-corrected chi connectivity index (χ0v) is 18.3. The molecule has 164 valence electrons. The molecule has 1 unspecified atom stereocenters. The summed E-state index contributed by atoms with van der Waals surface area (Å²) < 4.78 is 5.11. The minimum Gasteiger partial charge on any atom is -0.508 e. The minimum atomic E-state index is -1.13. The van der Waals surface area contributed by atoms with Crippen LogP contribution in [0.2, 0.25) is 0 Å². The third-order valence-corrected chi connectivity index (χ3v) is 3.61. The molecular formula is C21H30N4O5. The molecule has 1 aromatic carbocycles. The molecule has 30 heavy (non-hydrogen) atoms. The lowest BCUT2D eigenvalue weighted by molar-refractivity contribution is -0.140. The Hall–Kier alpha value is -3.28. The fourth-order valence-corrected chi connectivity index (χ4v) is 2.53. The summed E-state index contributed by atoms with van der Waals surface area (Å²) in [7, 11) is 0. The number of aromatic hydroxyl groups is 1. The van der Waals surface area contributed by atoms with E-state index in [4.69, 9.17) is 4.74 Å². The molecule has 0 spiro atoms. The van der Waals surface area contributed by atoms with Gasteiger partial charge in [-0.15, -0.1) is 0 Å². The van der Waals surface area contributed by atoms with E-state index in [1.54, 1.807) is 41.5 Å². The van der Waals surface area contributed by atoms with Crippen LogP contribution in [-0.4, -0.2) is 52.1 Å². The number of ether oxygens (including phenoxy) is 1. The summed E-state index contributed by atoms with van der Waals surface area (Å²) in [6.45, 7) is 9.61. The highest BCUT2D eigenvalue weighted by Crippen LogP contribution is 2.24. The second-order valence-electron chi connectivity index (χ2n) is 8.77. The molecule has 1 atom stereocenters. The summed E-state index contributed by atoms with van der Waals surface area (Å²) in [5.41, 5.74) is -0.904. The first-order chi connectivity index (χ1) is 13.7. The van der Waals surface area contributed by atoms with Crippen LogP contribution in [-0.2, 0) is 14.3 Å². The second-order valence-corrected chi connectivity index (χ2v) is 8.77. The Morgan fingerprint density at radius 1 is 1.13 bits per heavy atom. The summed E-state index contributed by atoms with van der Waals surface area (Å²) in [4.78, 5) is 38.8. The molecule has 9 nitrogen and oxygen atoms in total. The van der Waals surface area contributed by atoms with Gasteiger partial charge in [-0.2, -0.15) is 5.26 Å². The van der Waals surface area contributed by atoms with Crippen LogP contribution in [0.4, 0.5) is 4.79 Å². The number of carbonyl (C=O) groups is 3. The average molecular weight is 418 g/mol. The van der Waals surface area contributed by atoms with E-state index in [9.17, 15) is 24.8 Å². The van der Waals surface area contributed by atoms with E-state index in [1.807, 2.05) is 6.07 Å². The maximum Gasteiger partial charge on any atom is 0.408 e. The monoisotopic (exact) mass is 418 g/mol. The van der Waals surface area contributed by atoms with Gasteiger partial charge in [-0.3, -0.25) is 9.59 Å². The molecule has 1 aromatic rings. The number of carbonyl (C=O) groups excluding carboxylic acids is 3. The molecule has 0 bridgehead atoms. The smallest absolute Gasteiger partial charge is 0.408 e. The molecule has 0 fully saturated rings. The Balaban J connectivity index is 3.15. The third-order valence-electron chi connectivity index (χ3n) is 3.61. The molecule has 0 saturated heterocycles. The number of amides is 3. The molecule has 0 radical (unpaired) electrons. The highest BCUT2D eigenvalue weighted by atomic mass is 16.6. The fourth-order valence-electron chi connectivity index (χ4n) is 2.53. The molecular weight excluding hydrogens is 388 g/mol. The zero-order valence-electron chi connectivity index (χ0n) is 18.3. The van der Waals surface area contributed by atoms with Crippen LogP contribution in [0.5, 0.6) is 5.75 Å². The lowest BCUT2D eigenvalue weighted by Gasteiger charge is -2.32. The summed E-state index contributed by atoms with van der Waals surface area (Å²) in [5, 5.41) is 24.0. The Labute approximate surface area is 177 Å². The molecule has 3 amide bonds. The number of rotatable bonds is 6. The molecule has 1 rings (SSSR count). The first-order valence-corrected chi connectivity index (χ1v) is 9.48. The number of benzene rings is 1. The van der Waals surface area contributed by atoms with Crippen molar-refractivity contribution in [3.8, 4) is 11.8 Å². The van der Waals surface area contributed by atoms with Crippen LogP contribution in [0.3, 0.4) is 0 Å². The normalized spacial score (nSPS) is 12.3. The van der Waals surface area contributed by atoms with Crippen LogP contribution in [0.15, 0.2) is 24.3 Å². The van der Waals surface area contributed by atoms with Gasteiger partial charge in [0.15, 0.2) is 0 Å². The van der Waals surface area contributed by atoms with E-state index in [-0.39, 0.29) is 12.3 Å². The van der Waals surface area contributed by atoms with Crippen LogP contribution in [0, 0.1) is 11.3 Å². The van der Waals surface area contributed by atoms with Gasteiger partial charge < -0.3 is 25.4 Å². The predicted octanol–water partition coefficient (Wildman–Crippen LogP) is 2.22. The van der Waals surface area contributed by atoms with Gasteiger partial charge >= 0.3 is 6.09 Å². The number of nitrogens with zero attached hydrogens (tertiary/aromatic N) is 2. The number of hydrogen-bond acceptors (Lipinski definition) is 6. The van der Waals surface area contributed by atoms with Gasteiger partial charge in [0.25, 0.3) is 0 Å². The number of hydrogen-bond donors (Lipinski definition) is 3. The van der Waals surface area contributed by atoms with E-state index in [1.165, 1.54) is 24.3 Å². The van der Waals surface area contributed by atoms with Crippen molar-refractivity contribution < 1.29 is 24.2 Å². The van der Waals surface area contributed by atoms with Crippen molar-refractivity contribution in [2.24, 2.45) is 0 Å². The Morgan fingerprint density at radius 3 is 2.17 bits per heavy atom. The van der Waals surface area contributed by atoms with E-state index in [2.05, 4.69) is 10.6 Å². The van der Waals surface area contributed by atoms with Crippen LogP contribution >= 0.6 is 0 Å². The lowest BCUT2D eigenvalue weighted by atomic mass is 10.0. The van der Waals surface area contributed by atoms with Gasteiger partial charge in [0.05, 0.1) is 6.07 Å². The first kappa shape index (κ1) is 24.8.